The van der Waals surface area contributed by atoms with Gasteiger partial charge in [-0.25, -0.2) is 4.98 Å². The van der Waals surface area contributed by atoms with Crippen molar-refractivity contribution < 1.29 is 18.9 Å². The van der Waals surface area contributed by atoms with Gasteiger partial charge in [0.15, 0.2) is 0 Å². The molecule has 10 heteroatoms. The fraction of sp³-hybridized carbons (Fsp3) is 0.525. The van der Waals surface area contributed by atoms with Gasteiger partial charge in [0.2, 0.25) is 0 Å². The lowest BCUT2D eigenvalue weighted by Crippen LogP contribution is -2.47. The van der Waals surface area contributed by atoms with E-state index < -0.39 is 8.07 Å². The minimum absolute atomic E-state index is 0.217. The summed E-state index contributed by atoms with van der Waals surface area (Å²) in [5, 5.41) is 1.02. The molecule has 50 heavy (non-hydrogen) atoms. The van der Waals surface area contributed by atoms with Crippen LogP contribution in [-0.4, -0.2) is 67.7 Å². The largest absolute Gasteiger partial charge is 0.455 e. The van der Waals surface area contributed by atoms with Crippen LogP contribution >= 0.6 is 15.9 Å². The third kappa shape index (κ3) is 9.77. The Hall–Kier alpha value is -2.73. The number of benzene rings is 2. The Morgan fingerprint density at radius 1 is 0.960 bits per heavy atom. The fourth-order valence-electron chi connectivity index (χ4n) is 6.83. The van der Waals surface area contributed by atoms with Crippen LogP contribution in [0, 0.1) is 0 Å². The third-order valence-corrected chi connectivity index (χ3v) is 12.1. The summed E-state index contributed by atoms with van der Waals surface area (Å²) in [6.45, 7) is 19.1. The van der Waals surface area contributed by atoms with Crippen molar-refractivity contribution in [1.29, 1.82) is 0 Å². The molecule has 1 aliphatic carbocycles. The number of rotatable bonds is 13. The number of fused-ring (bicyclic) bond motifs is 2. The zero-order valence-corrected chi connectivity index (χ0v) is 33.4. The maximum atomic E-state index is 6.61. The van der Waals surface area contributed by atoms with Crippen LogP contribution in [0.1, 0.15) is 62.8 Å². The van der Waals surface area contributed by atoms with E-state index in [0.29, 0.717) is 25.1 Å². The molecule has 0 spiro atoms. The van der Waals surface area contributed by atoms with E-state index in [4.69, 9.17) is 23.9 Å². The summed E-state index contributed by atoms with van der Waals surface area (Å²) in [5.74, 6) is 1.47. The van der Waals surface area contributed by atoms with E-state index in [1.807, 2.05) is 33.2 Å². The molecule has 0 saturated carbocycles. The number of hydrogen-bond acceptors (Lipinski definition) is 7. The van der Waals surface area contributed by atoms with Crippen LogP contribution in [0.2, 0.25) is 25.7 Å². The molecule has 0 bridgehead atoms. The number of piperazine rings is 1. The first kappa shape index (κ1) is 37.0. The van der Waals surface area contributed by atoms with E-state index >= 15 is 0 Å². The van der Waals surface area contributed by atoms with Gasteiger partial charge in [-0.05, 0) is 81.5 Å². The van der Waals surface area contributed by atoms with Gasteiger partial charge in [0.1, 0.15) is 30.7 Å². The van der Waals surface area contributed by atoms with Gasteiger partial charge in [0, 0.05) is 80.3 Å². The Labute approximate surface area is 308 Å². The fourth-order valence-corrected chi connectivity index (χ4v) is 8.16. The molecule has 1 atom stereocenters. The highest BCUT2D eigenvalue weighted by molar-refractivity contribution is 9.10. The van der Waals surface area contributed by atoms with Gasteiger partial charge >= 0.3 is 0 Å². The average Bonchev–Trinajstić information content (AvgIpc) is 3.34. The molecule has 2 aromatic heterocycles. The lowest BCUT2D eigenvalue weighted by Gasteiger charge is -2.40. The van der Waals surface area contributed by atoms with E-state index in [0.717, 1.165) is 73.3 Å². The van der Waals surface area contributed by atoms with Gasteiger partial charge in [-0.1, -0.05) is 60.2 Å². The highest BCUT2D eigenvalue weighted by Crippen LogP contribution is 2.38. The smallest absolute Gasteiger partial charge is 0.147 e. The van der Waals surface area contributed by atoms with Gasteiger partial charge in [-0.15, -0.1) is 0 Å². The van der Waals surface area contributed by atoms with Crippen LogP contribution in [0.5, 0.6) is 11.5 Å². The minimum Gasteiger partial charge on any atom is -0.455 e. The average molecular weight is 764 g/mol. The maximum Gasteiger partial charge on any atom is 0.147 e. The Kier molecular flexibility index (Phi) is 12.1. The standard InChI is InChI=1S/C40H55BrN4O4Si/c1-40(2,3)48-29-47-27-31-14-15-32(43-18-20-44(21-19-43)37-13-8-7-10-34-35(37)11-9-12-36(34)41)25-38(31)49-33-24-30-16-17-45(39(30)42-26-33)28-46-22-23-50(4,5)6/h9,11-12,14-17,24-26,37H,7-8,10,13,18-23,27-29H2,1-6H3. The van der Waals surface area contributed by atoms with Crippen LogP contribution in [0.25, 0.3) is 11.0 Å². The number of hydrogen-bond donors (Lipinski definition) is 0. The minimum atomic E-state index is -1.13. The molecule has 8 nitrogen and oxygen atoms in total. The summed E-state index contributed by atoms with van der Waals surface area (Å²) in [7, 11) is -1.13. The van der Waals surface area contributed by atoms with Crippen molar-refractivity contribution in [3.63, 3.8) is 0 Å². The molecule has 1 aliphatic heterocycles. The molecule has 1 saturated heterocycles. The second-order valence-electron chi connectivity index (χ2n) is 15.9. The first-order valence-corrected chi connectivity index (χ1v) is 22.7. The quantitative estimate of drug-likeness (QED) is 0.0582. The maximum absolute atomic E-state index is 6.61. The van der Waals surface area contributed by atoms with Crippen LogP contribution in [0.3, 0.4) is 0 Å². The van der Waals surface area contributed by atoms with Crippen LogP contribution in [-0.2, 0) is 34.0 Å². The molecule has 3 heterocycles. The van der Waals surface area contributed by atoms with Crippen molar-refractivity contribution in [3.8, 4) is 11.5 Å². The molecule has 270 valence electrons. The lowest BCUT2D eigenvalue weighted by atomic mass is 9.97. The molecule has 1 fully saturated rings. The summed E-state index contributed by atoms with van der Waals surface area (Å²) in [5.41, 5.74) is 5.77. The Morgan fingerprint density at radius 2 is 1.78 bits per heavy atom. The van der Waals surface area contributed by atoms with Crippen molar-refractivity contribution in [2.24, 2.45) is 0 Å². The topological polar surface area (TPSA) is 61.2 Å². The molecule has 1 unspecified atom stereocenters. The van der Waals surface area contributed by atoms with Crippen molar-refractivity contribution in [1.82, 2.24) is 14.5 Å². The van der Waals surface area contributed by atoms with Crippen molar-refractivity contribution in [2.75, 3.05) is 44.5 Å². The monoisotopic (exact) mass is 762 g/mol. The highest BCUT2D eigenvalue weighted by Gasteiger charge is 2.29. The van der Waals surface area contributed by atoms with Crippen LogP contribution < -0.4 is 9.64 Å². The SMILES string of the molecule is CC(C)(C)OCOCc1ccc(N2CCN(C3CCCCc4c(Br)cccc43)CC2)cc1Oc1cnc2c(ccn2COCC[Si](C)(C)C)c1. The van der Waals surface area contributed by atoms with Gasteiger partial charge in [0.05, 0.1) is 18.4 Å². The molecule has 0 N–H and O–H groups in total. The summed E-state index contributed by atoms with van der Waals surface area (Å²) in [6, 6.07) is 19.0. The third-order valence-electron chi connectivity index (χ3n) is 9.70. The highest BCUT2D eigenvalue weighted by atomic mass is 79.9. The number of nitrogens with zero attached hydrogens (tertiary/aromatic N) is 4. The van der Waals surface area contributed by atoms with Crippen molar-refractivity contribution in [2.45, 2.75) is 97.1 Å². The Balaban J connectivity index is 1.16. The van der Waals surface area contributed by atoms with E-state index in [9.17, 15) is 0 Å². The Bertz CT molecular complexity index is 1720. The van der Waals surface area contributed by atoms with Crippen molar-refractivity contribution in [3.05, 3.63) is 82.1 Å². The second-order valence-corrected chi connectivity index (χ2v) is 22.4. The molecule has 0 amide bonds. The molecule has 4 aromatic rings. The number of pyridine rings is 1. The summed E-state index contributed by atoms with van der Waals surface area (Å²) >= 11 is 3.84. The summed E-state index contributed by atoms with van der Waals surface area (Å²) in [6.07, 6.45) is 8.77. The van der Waals surface area contributed by atoms with Gasteiger partial charge in [-0.2, -0.15) is 0 Å². The molecular weight excluding hydrogens is 708 g/mol. The zero-order valence-electron chi connectivity index (χ0n) is 30.8. The predicted octanol–water partition coefficient (Wildman–Crippen LogP) is 9.78. The summed E-state index contributed by atoms with van der Waals surface area (Å²) in [4.78, 5) is 9.97. The second kappa shape index (κ2) is 16.3. The molecule has 2 aromatic carbocycles. The first-order valence-electron chi connectivity index (χ1n) is 18.2. The van der Waals surface area contributed by atoms with Gasteiger partial charge in [0.25, 0.3) is 0 Å². The van der Waals surface area contributed by atoms with E-state index in [-0.39, 0.29) is 12.4 Å². The first-order chi connectivity index (χ1) is 23.9. The molecule has 0 radical (unpaired) electrons. The van der Waals surface area contributed by atoms with Gasteiger partial charge in [-0.3, -0.25) is 4.90 Å². The van der Waals surface area contributed by atoms with Crippen LogP contribution in [0.4, 0.5) is 5.69 Å². The van der Waals surface area contributed by atoms with Gasteiger partial charge < -0.3 is 28.4 Å². The van der Waals surface area contributed by atoms with E-state index in [2.05, 4.69) is 98.5 Å². The Morgan fingerprint density at radius 3 is 2.56 bits per heavy atom. The number of aromatic nitrogens is 2. The van der Waals surface area contributed by atoms with Crippen LogP contribution in [0.15, 0.2) is 65.4 Å². The normalized spacial score (nSPS) is 17.6. The molecular formula is C40H55BrN4O4Si. The van der Waals surface area contributed by atoms with E-state index in [1.165, 1.54) is 34.9 Å². The predicted molar refractivity (Wildman–Crippen MR) is 209 cm³/mol. The van der Waals surface area contributed by atoms with E-state index in [1.54, 1.807) is 0 Å². The molecule has 2 aliphatic rings. The number of ether oxygens (including phenoxy) is 4. The molecule has 6 rings (SSSR count). The lowest BCUT2D eigenvalue weighted by molar-refractivity contribution is -0.125. The summed E-state index contributed by atoms with van der Waals surface area (Å²) < 4.78 is 27.7. The number of halogens is 1. The number of anilines is 1. The zero-order chi connectivity index (χ0) is 35.3. The van der Waals surface area contributed by atoms with Crippen molar-refractivity contribution >= 4 is 40.7 Å².